The average molecular weight is 475 g/mol. The number of benzene rings is 1. The number of cyclic esters (lactones) is 1. The molecule has 178 valence electrons. The van der Waals surface area contributed by atoms with Crippen molar-refractivity contribution in [2.75, 3.05) is 6.61 Å². The first-order chi connectivity index (χ1) is 16.2. The average Bonchev–Trinajstić information content (AvgIpc) is 3.10. The molecular formula is C22H20F3N5O4. The van der Waals surface area contributed by atoms with Crippen LogP contribution in [0.25, 0.3) is 10.9 Å². The van der Waals surface area contributed by atoms with Crippen molar-refractivity contribution in [3.05, 3.63) is 59.8 Å². The summed E-state index contributed by atoms with van der Waals surface area (Å²) in [4.78, 5) is 37.9. The smallest absolute Gasteiger partial charge is 0.433 e. The van der Waals surface area contributed by atoms with Gasteiger partial charge in [-0.15, -0.1) is 0 Å². The summed E-state index contributed by atoms with van der Waals surface area (Å²) in [5.74, 6) is -0.0658. The van der Waals surface area contributed by atoms with Gasteiger partial charge in [0.25, 0.3) is 0 Å². The van der Waals surface area contributed by atoms with Crippen molar-refractivity contribution in [3.8, 4) is 5.75 Å². The van der Waals surface area contributed by atoms with E-state index in [-0.39, 0.29) is 24.6 Å². The second-order valence-corrected chi connectivity index (χ2v) is 7.50. The lowest BCUT2D eigenvalue weighted by Gasteiger charge is -2.20. The summed E-state index contributed by atoms with van der Waals surface area (Å²) in [6, 6.07) is 5.73. The van der Waals surface area contributed by atoms with Gasteiger partial charge in [0.2, 0.25) is 0 Å². The highest BCUT2D eigenvalue weighted by molar-refractivity contribution is 5.93. The number of rotatable bonds is 5. The Kier molecular flexibility index (Phi) is 6.22. The molecule has 9 nitrogen and oxygen atoms in total. The number of hydrogen-bond acceptors (Lipinski definition) is 7. The van der Waals surface area contributed by atoms with E-state index < -0.39 is 36.1 Å². The van der Waals surface area contributed by atoms with Gasteiger partial charge in [-0.25, -0.2) is 29.4 Å². The zero-order valence-corrected chi connectivity index (χ0v) is 18.2. The summed E-state index contributed by atoms with van der Waals surface area (Å²) in [6.45, 7) is 3.31. The van der Waals surface area contributed by atoms with Gasteiger partial charge in [-0.1, -0.05) is 18.2 Å². The Balaban J connectivity index is 1.54. The minimum atomic E-state index is -4.73. The number of nitrogens with one attached hydrogen (secondary N) is 1. The van der Waals surface area contributed by atoms with Crippen LogP contribution in [0.5, 0.6) is 5.75 Å². The summed E-state index contributed by atoms with van der Waals surface area (Å²) in [5.41, 5.74) is -0.00649. The van der Waals surface area contributed by atoms with Crippen LogP contribution in [-0.4, -0.2) is 44.6 Å². The highest BCUT2D eigenvalue weighted by Gasteiger charge is 2.45. The number of carbonyl (C=O) groups excluding carboxylic acids is 2. The number of hydrogen-bond donors (Lipinski definition) is 1. The molecule has 3 amide bonds. The second-order valence-electron chi connectivity index (χ2n) is 7.50. The third-order valence-electron chi connectivity index (χ3n) is 5.25. The van der Waals surface area contributed by atoms with E-state index >= 15 is 0 Å². The van der Waals surface area contributed by atoms with Crippen LogP contribution in [0.2, 0.25) is 0 Å². The molecule has 0 bridgehead atoms. The van der Waals surface area contributed by atoms with Crippen molar-refractivity contribution in [1.29, 1.82) is 0 Å². The van der Waals surface area contributed by atoms with E-state index in [1.54, 1.807) is 25.3 Å². The largest absolute Gasteiger partial charge is 0.494 e. The number of nitrogens with zero attached hydrogens (tertiary/aromatic N) is 4. The van der Waals surface area contributed by atoms with Gasteiger partial charge in [0, 0.05) is 30.3 Å². The maximum Gasteiger partial charge on any atom is 0.433 e. The van der Waals surface area contributed by atoms with E-state index in [0.29, 0.717) is 11.1 Å². The Morgan fingerprint density at radius 2 is 2.09 bits per heavy atom. The molecule has 3 aromatic rings. The van der Waals surface area contributed by atoms with E-state index in [4.69, 9.17) is 9.47 Å². The molecule has 0 spiro atoms. The van der Waals surface area contributed by atoms with Crippen molar-refractivity contribution < 1.29 is 32.2 Å². The number of halogens is 3. The Hall–Kier alpha value is -3.96. The fourth-order valence-corrected chi connectivity index (χ4v) is 3.68. The summed E-state index contributed by atoms with van der Waals surface area (Å²) in [6.07, 6.45) is -3.90. The lowest BCUT2D eigenvalue weighted by atomic mass is 10.1. The van der Waals surface area contributed by atoms with Gasteiger partial charge in [0.05, 0.1) is 23.9 Å². The number of para-hydroxylation sites is 1. The van der Waals surface area contributed by atoms with Crippen LogP contribution in [0.4, 0.5) is 22.8 Å². The molecule has 1 saturated heterocycles. The van der Waals surface area contributed by atoms with Gasteiger partial charge in [0.1, 0.15) is 17.8 Å². The van der Waals surface area contributed by atoms with Crippen LogP contribution in [0.15, 0.2) is 42.9 Å². The molecule has 0 unspecified atom stereocenters. The zero-order valence-electron chi connectivity index (χ0n) is 18.2. The molecule has 1 aliphatic rings. The van der Waals surface area contributed by atoms with E-state index in [2.05, 4.69) is 20.3 Å². The normalized spacial score (nSPS) is 18.1. The summed E-state index contributed by atoms with van der Waals surface area (Å²) in [7, 11) is 0. The van der Waals surface area contributed by atoms with E-state index in [1.807, 2.05) is 6.07 Å². The van der Waals surface area contributed by atoms with E-state index in [9.17, 15) is 22.8 Å². The van der Waals surface area contributed by atoms with Crippen LogP contribution in [0, 0.1) is 0 Å². The van der Waals surface area contributed by atoms with Crippen molar-refractivity contribution in [2.24, 2.45) is 0 Å². The van der Waals surface area contributed by atoms with Crippen LogP contribution in [0.1, 0.15) is 36.9 Å². The monoisotopic (exact) mass is 475 g/mol. The topological polar surface area (TPSA) is 107 Å². The maximum absolute atomic E-state index is 13.3. The molecule has 1 aliphatic heterocycles. The third-order valence-corrected chi connectivity index (χ3v) is 5.25. The molecule has 4 rings (SSSR count). The predicted molar refractivity (Wildman–Crippen MR) is 113 cm³/mol. The first-order valence-electron chi connectivity index (χ1n) is 10.4. The molecule has 2 atom stereocenters. The standard InChI is InChI=1S/C22H20F3N5O4/c1-3-33-15-7-16(29-17(8-15)22(23,24)25)19-12(2)30(21(32)34-19)20(31)27-10-14-6-4-5-13-9-26-11-28-18(13)14/h4-9,11-12,19H,3,10H2,1-2H3,(H,27,31)/t12-,19-/m0/s1. The zero-order chi connectivity index (χ0) is 24.5. The number of fused-ring (bicyclic) bond motifs is 1. The lowest BCUT2D eigenvalue weighted by Crippen LogP contribution is -2.44. The van der Waals surface area contributed by atoms with Gasteiger partial charge in [-0.05, 0) is 19.4 Å². The highest BCUT2D eigenvalue weighted by atomic mass is 19.4. The number of amides is 3. The van der Waals surface area contributed by atoms with Crippen molar-refractivity contribution in [1.82, 2.24) is 25.2 Å². The number of pyridine rings is 1. The molecular weight excluding hydrogens is 455 g/mol. The van der Waals surface area contributed by atoms with Crippen molar-refractivity contribution in [2.45, 2.75) is 38.7 Å². The van der Waals surface area contributed by atoms with Crippen molar-refractivity contribution in [3.63, 3.8) is 0 Å². The Morgan fingerprint density at radius 3 is 2.82 bits per heavy atom. The minimum Gasteiger partial charge on any atom is -0.494 e. The first-order valence-corrected chi connectivity index (χ1v) is 10.4. The summed E-state index contributed by atoms with van der Waals surface area (Å²) >= 11 is 0. The number of aromatic nitrogens is 3. The molecule has 1 aromatic carbocycles. The van der Waals surface area contributed by atoms with Gasteiger partial charge >= 0.3 is 18.3 Å². The van der Waals surface area contributed by atoms with Gasteiger partial charge < -0.3 is 14.8 Å². The molecule has 3 heterocycles. The van der Waals surface area contributed by atoms with Crippen LogP contribution in [-0.2, 0) is 17.5 Å². The Labute approximate surface area is 191 Å². The fraction of sp³-hybridized carbons (Fsp3) is 0.318. The molecule has 12 heteroatoms. The lowest BCUT2D eigenvalue weighted by molar-refractivity contribution is -0.141. The molecule has 0 saturated carbocycles. The minimum absolute atomic E-state index is 0.0602. The number of ether oxygens (including phenoxy) is 2. The second kappa shape index (κ2) is 9.12. The SMILES string of the molecule is CCOc1cc([C@H]2OC(=O)N(C(=O)NCc3cccc4cncnc34)[C@H]2C)nc(C(F)(F)F)c1. The number of urea groups is 1. The predicted octanol–water partition coefficient (Wildman–Crippen LogP) is 4.23. The van der Waals surface area contributed by atoms with Gasteiger partial charge in [-0.2, -0.15) is 13.2 Å². The molecule has 34 heavy (non-hydrogen) atoms. The first kappa shape index (κ1) is 23.2. The van der Waals surface area contributed by atoms with Crippen LogP contribution in [0.3, 0.4) is 0 Å². The number of imide groups is 1. The fourth-order valence-electron chi connectivity index (χ4n) is 3.68. The molecule has 0 aliphatic carbocycles. The molecule has 2 aromatic heterocycles. The third kappa shape index (κ3) is 4.56. The van der Waals surface area contributed by atoms with Crippen molar-refractivity contribution >= 4 is 23.0 Å². The van der Waals surface area contributed by atoms with E-state index in [1.165, 1.54) is 19.3 Å². The highest BCUT2D eigenvalue weighted by Crippen LogP contribution is 2.36. The number of alkyl halides is 3. The summed E-state index contributed by atoms with van der Waals surface area (Å²) < 4.78 is 50.4. The summed E-state index contributed by atoms with van der Waals surface area (Å²) in [5, 5.41) is 3.42. The Bertz CT molecular complexity index is 1230. The molecule has 1 fully saturated rings. The van der Waals surface area contributed by atoms with Crippen LogP contribution >= 0.6 is 0 Å². The van der Waals surface area contributed by atoms with Crippen LogP contribution < -0.4 is 10.1 Å². The quantitative estimate of drug-likeness (QED) is 0.588. The molecule has 0 radical (unpaired) electrons. The maximum atomic E-state index is 13.3. The Morgan fingerprint density at radius 1 is 1.29 bits per heavy atom. The van der Waals surface area contributed by atoms with E-state index in [0.717, 1.165) is 16.4 Å². The molecule has 1 N–H and O–H groups in total. The van der Waals surface area contributed by atoms with Gasteiger partial charge in [-0.3, -0.25) is 0 Å². The number of carbonyl (C=O) groups is 2. The van der Waals surface area contributed by atoms with Gasteiger partial charge in [0.15, 0.2) is 6.10 Å².